The van der Waals surface area contributed by atoms with Gasteiger partial charge in [-0.15, -0.1) is 11.3 Å². The van der Waals surface area contributed by atoms with Crippen LogP contribution in [0.5, 0.6) is 11.5 Å². The summed E-state index contributed by atoms with van der Waals surface area (Å²) in [7, 11) is 0. The SMILES string of the molecule is CCC[C@H]1N(C(=O)c2ncccc2C(F)(F)F)CCC[C@@]1(Oc1csc(C(F)(F)F)c1)C(=O)N1CCC(c2cccc(F)c2OCCCC(C)(C)C(=O)O)CC1. The summed E-state index contributed by atoms with van der Waals surface area (Å²) in [4.78, 5) is 45.8. The van der Waals surface area contributed by atoms with Crippen molar-refractivity contribution in [2.75, 3.05) is 26.2 Å². The zero-order chi connectivity index (χ0) is 41.1. The highest BCUT2D eigenvalue weighted by Crippen LogP contribution is 2.44. The molecule has 9 nitrogen and oxygen atoms in total. The van der Waals surface area contributed by atoms with Crippen LogP contribution in [0.2, 0.25) is 0 Å². The first-order valence-electron chi connectivity index (χ1n) is 18.4. The highest BCUT2D eigenvalue weighted by Gasteiger charge is 2.56. The zero-order valence-electron chi connectivity index (χ0n) is 31.1. The molecule has 2 fully saturated rings. The van der Waals surface area contributed by atoms with Crippen LogP contribution in [0.4, 0.5) is 30.7 Å². The van der Waals surface area contributed by atoms with Crippen LogP contribution in [0.25, 0.3) is 0 Å². The van der Waals surface area contributed by atoms with Crippen molar-refractivity contribution in [2.45, 2.75) is 102 Å². The second kappa shape index (κ2) is 17.0. The Kier molecular flexibility index (Phi) is 13.0. The van der Waals surface area contributed by atoms with Gasteiger partial charge in [-0.25, -0.2) is 4.39 Å². The van der Waals surface area contributed by atoms with Crippen LogP contribution in [0, 0.1) is 11.2 Å². The van der Waals surface area contributed by atoms with Crippen molar-refractivity contribution in [3.63, 3.8) is 0 Å². The maximum absolute atomic E-state index is 15.1. The number of carboxylic acid groups (broad SMARTS) is 1. The number of pyridine rings is 1. The summed E-state index contributed by atoms with van der Waals surface area (Å²) in [5.74, 6) is -3.78. The van der Waals surface area contributed by atoms with Gasteiger partial charge in [-0.3, -0.25) is 19.4 Å². The summed E-state index contributed by atoms with van der Waals surface area (Å²) in [6.07, 6.45) is -6.79. The van der Waals surface area contributed by atoms with E-state index in [0.29, 0.717) is 49.0 Å². The lowest BCUT2D eigenvalue weighted by molar-refractivity contribution is -0.160. The van der Waals surface area contributed by atoms with E-state index in [2.05, 4.69) is 4.98 Å². The Morgan fingerprint density at radius 2 is 1.73 bits per heavy atom. The fourth-order valence-electron chi connectivity index (χ4n) is 7.53. The molecule has 2 aliphatic rings. The van der Waals surface area contributed by atoms with Gasteiger partial charge in [0, 0.05) is 49.3 Å². The molecule has 17 heteroatoms. The lowest BCUT2D eigenvalue weighted by Gasteiger charge is -2.50. The van der Waals surface area contributed by atoms with Gasteiger partial charge in [0.05, 0.1) is 23.6 Å². The molecule has 4 heterocycles. The van der Waals surface area contributed by atoms with Gasteiger partial charge in [0.25, 0.3) is 11.8 Å². The molecule has 0 bridgehead atoms. The number of nitrogens with zero attached hydrogens (tertiary/aromatic N) is 3. The molecule has 2 amide bonds. The van der Waals surface area contributed by atoms with E-state index in [-0.39, 0.29) is 62.9 Å². The highest BCUT2D eigenvalue weighted by molar-refractivity contribution is 7.10. The lowest BCUT2D eigenvalue weighted by atomic mass is 9.79. The molecule has 5 rings (SSSR count). The van der Waals surface area contributed by atoms with E-state index in [1.165, 1.54) is 17.0 Å². The normalized spacial score (nSPS) is 19.9. The molecule has 0 unspecified atom stereocenters. The first-order chi connectivity index (χ1) is 26.3. The van der Waals surface area contributed by atoms with Crippen molar-refractivity contribution >= 4 is 29.1 Å². The molecule has 1 N–H and O–H groups in total. The number of likely N-dealkylation sites (tertiary alicyclic amines) is 2. The zero-order valence-corrected chi connectivity index (χ0v) is 32.0. The number of halogens is 7. The van der Waals surface area contributed by atoms with E-state index in [4.69, 9.17) is 9.47 Å². The molecule has 2 saturated heterocycles. The second-order valence-corrected chi connectivity index (χ2v) is 15.7. The molecule has 0 radical (unpaired) electrons. The van der Waals surface area contributed by atoms with Crippen molar-refractivity contribution in [1.82, 2.24) is 14.8 Å². The fraction of sp³-hybridized carbons (Fsp3) is 0.538. The number of piperidine rings is 2. The van der Waals surface area contributed by atoms with Crippen LogP contribution in [0.1, 0.15) is 105 Å². The van der Waals surface area contributed by atoms with Crippen LogP contribution < -0.4 is 9.47 Å². The van der Waals surface area contributed by atoms with Crippen molar-refractivity contribution in [3.05, 3.63) is 75.5 Å². The molecule has 1 aromatic carbocycles. The molecule has 0 aliphatic carbocycles. The molecular weight excluding hydrogens is 771 g/mol. The topological polar surface area (TPSA) is 109 Å². The number of benzene rings is 1. The van der Waals surface area contributed by atoms with Crippen molar-refractivity contribution < 1.29 is 59.7 Å². The molecule has 2 atom stereocenters. The predicted octanol–water partition coefficient (Wildman–Crippen LogP) is 9.22. The number of rotatable bonds is 13. The second-order valence-electron chi connectivity index (χ2n) is 14.8. The number of amides is 2. The van der Waals surface area contributed by atoms with Crippen molar-refractivity contribution in [3.8, 4) is 11.5 Å². The summed E-state index contributed by atoms with van der Waals surface area (Å²) < 4.78 is 110. The number of aromatic nitrogens is 1. The quantitative estimate of drug-likeness (QED) is 0.135. The maximum Gasteiger partial charge on any atom is 0.425 e. The number of para-hydroxylation sites is 1. The van der Waals surface area contributed by atoms with E-state index < -0.39 is 69.1 Å². The minimum atomic E-state index is -4.92. The third-order valence-corrected chi connectivity index (χ3v) is 11.5. The maximum atomic E-state index is 15.1. The van der Waals surface area contributed by atoms with Crippen LogP contribution in [0.3, 0.4) is 0 Å². The fourth-order valence-corrected chi connectivity index (χ4v) is 8.21. The summed E-state index contributed by atoms with van der Waals surface area (Å²) in [5.41, 5.74) is -4.52. The average Bonchev–Trinajstić information content (AvgIpc) is 3.63. The number of aliphatic carboxylic acids is 1. The molecule has 306 valence electrons. The smallest absolute Gasteiger partial charge is 0.425 e. The number of carboxylic acids is 1. The summed E-state index contributed by atoms with van der Waals surface area (Å²) in [6, 6.07) is 5.89. The number of hydrogen-bond acceptors (Lipinski definition) is 7. The van der Waals surface area contributed by atoms with Crippen molar-refractivity contribution in [1.29, 1.82) is 0 Å². The average molecular weight is 816 g/mol. The number of carbonyl (C=O) groups excluding carboxylic acids is 2. The van der Waals surface area contributed by atoms with Gasteiger partial charge < -0.3 is 24.4 Å². The minimum absolute atomic E-state index is 0.0281. The summed E-state index contributed by atoms with van der Waals surface area (Å²) in [6.45, 7) is 5.16. The summed E-state index contributed by atoms with van der Waals surface area (Å²) >= 11 is 0.365. The van der Waals surface area contributed by atoms with Gasteiger partial charge in [0.2, 0.25) is 5.60 Å². The van der Waals surface area contributed by atoms with E-state index in [0.717, 1.165) is 34.7 Å². The van der Waals surface area contributed by atoms with E-state index in [9.17, 15) is 45.8 Å². The number of thiophene rings is 1. The monoisotopic (exact) mass is 815 g/mol. The Balaban J connectivity index is 1.43. The molecule has 56 heavy (non-hydrogen) atoms. The van der Waals surface area contributed by atoms with Crippen LogP contribution in [-0.4, -0.2) is 75.6 Å². The first-order valence-corrected chi connectivity index (χ1v) is 19.3. The first kappa shape index (κ1) is 42.7. The molecule has 3 aromatic rings. The van der Waals surface area contributed by atoms with Gasteiger partial charge in [-0.1, -0.05) is 25.5 Å². The highest BCUT2D eigenvalue weighted by atomic mass is 32.1. The third-order valence-electron chi connectivity index (χ3n) is 10.5. The Bertz CT molecular complexity index is 1880. The van der Waals surface area contributed by atoms with Crippen LogP contribution >= 0.6 is 11.3 Å². The predicted molar refractivity (Wildman–Crippen MR) is 192 cm³/mol. The number of carbonyl (C=O) groups is 3. The largest absolute Gasteiger partial charge is 0.490 e. The lowest BCUT2D eigenvalue weighted by Crippen LogP contribution is -2.68. The number of hydrogen-bond donors (Lipinski definition) is 1. The third kappa shape index (κ3) is 9.24. The van der Waals surface area contributed by atoms with Gasteiger partial charge in [0.1, 0.15) is 16.3 Å². The van der Waals surface area contributed by atoms with E-state index in [1.807, 2.05) is 0 Å². The molecule has 2 aliphatic heterocycles. The molecular formula is C39H44F7N3O6S. The van der Waals surface area contributed by atoms with Crippen LogP contribution in [0.15, 0.2) is 48.0 Å². The molecule has 0 saturated carbocycles. The molecule has 2 aromatic heterocycles. The Hall–Kier alpha value is -4.41. The Labute approximate surface area is 323 Å². The number of alkyl halides is 6. The van der Waals surface area contributed by atoms with Gasteiger partial charge >= 0.3 is 18.3 Å². The van der Waals surface area contributed by atoms with Gasteiger partial charge in [0.15, 0.2) is 11.6 Å². The van der Waals surface area contributed by atoms with Crippen molar-refractivity contribution in [2.24, 2.45) is 5.41 Å². The standard InChI is InChI=1S/C39H44F7N3O6S/c1-4-9-29-37(55-25-22-30(56-23-25)39(44,45)46,16-7-18-49(29)33(50)31-27(38(41,42)43)11-6-17-47-31)34(51)48-19-13-24(14-20-48)26-10-5-12-28(40)32(26)54-21-8-15-36(2,3)35(52)53/h5-6,10-12,17,22-24,29H,4,7-9,13-16,18-21H2,1-3H3,(H,52,53)/t29-,37+/m1/s1. The Morgan fingerprint density at radius 1 is 1.02 bits per heavy atom. The van der Waals surface area contributed by atoms with E-state index in [1.54, 1.807) is 26.8 Å². The minimum Gasteiger partial charge on any atom is -0.490 e. The van der Waals surface area contributed by atoms with Gasteiger partial charge in [-0.2, -0.15) is 26.3 Å². The van der Waals surface area contributed by atoms with Crippen LogP contribution in [-0.2, 0) is 21.9 Å². The Morgan fingerprint density at radius 3 is 2.36 bits per heavy atom. The summed E-state index contributed by atoms with van der Waals surface area (Å²) in [5, 5.41) is 10.5. The number of ether oxygens (including phenoxy) is 2. The molecule has 0 spiro atoms. The van der Waals surface area contributed by atoms with Gasteiger partial charge in [-0.05, 0) is 76.5 Å². The van der Waals surface area contributed by atoms with E-state index >= 15 is 4.39 Å².